The van der Waals surface area contributed by atoms with E-state index in [9.17, 15) is 0 Å². The van der Waals surface area contributed by atoms with Crippen LogP contribution in [0, 0.1) is 0 Å². The zero-order valence-electron chi connectivity index (χ0n) is 13.1. The van der Waals surface area contributed by atoms with Crippen LogP contribution in [-0.2, 0) is 17.8 Å². The lowest BCUT2D eigenvalue weighted by molar-refractivity contribution is 0.0626. The molecule has 0 aliphatic heterocycles. The Kier molecular flexibility index (Phi) is 6.02. The highest BCUT2D eigenvalue weighted by atomic mass is 16.5. The second kappa shape index (κ2) is 7.77. The first-order chi connectivity index (χ1) is 9.65. The van der Waals surface area contributed by atoms with Gasteiger partial charge in [0.25, 0.3) is 0 Å². The molecule has 1 saturated carbocycles. The maximum Gasteiger partial charge on any atom is 0.0596 e. The molecule has 0 bridgehead atoms. The van der Waals surface area contributed by atoms with Crippen LogP contribution in [0.5, 0.6) is 0 Å². The third-order valence-electron chi connectivity index (χ3n) is 3.64. The van der Waals surface area contributed by atoms with E-state index in [0.29, 0.717) is 6.10 Å². The zero-order valence-corrected chi connectivity index (χ0v) is 13.1. The Balaban J connectivity index is 1.80. The highest BCUT2D eigenvalue weighted by molar-refractivity contribution is 5.27. The molecule has 1 aromatic rings. The van der Waals surface area contributed by atoms with Crippen LogP contribution in [0.25, 0.3) is 0 Å². The van der Waals surface area contributed by atoms with Crippen molar-refractivity contribution in [2.24, 2.45) is 0 Å². The summed E-state index contributed by atoms with van der Waals surface area (Å²) < 4.78 is 5.61. The summed E-state index contributed by atoms with van der Waals surface area (Å²) >= 11 is 0. The number of hydrogen-bond acceptors (Lipinski definition) is 3. The third-order valence-corrected chi connectivity index (χ3v) is 3.64. The van der Waals surface area contributed by atoms with E-state index in [1.54, 1.807) is 0 Å². The first-order valence-corrected chi connectivity index (χ1v) is 7.75. The number of benzene rings is 1. The molecular weight excluding hydrogens is 248 g/mol. The van der Waals surface area contributed by atoms with Crippen molar-refractivity contribution in [2.75, 3.05) is 20.2 Å². The molecular formula is C17H28N2O. The molecule has 3 nitrogen and oxygen atoms in total. The molecule has 1 N–H and O–H groups in total. The summed E-state index contributed by atoms with van der Waals surface area (Å²) in [7, 11) is 2.16. The van der Waals surface area contributed by atoms with Gasteiger partial charge in [-0.1, -0.05) is 24.3 Å². The van der Waals surface area contributed by atoms with Crippen molar-refractivity contribution in [1.29, 1.82) is 0 Å². The Hall–Kier alpha value is -0.900. The van der Waals surface area contributed by atoms with Crippen molar-refractivity contribution in [3.8, 4) is 0 Å². The van der Waals surface area contributed by atoms with Gasteiger partial charge in [0.1, 0.15) is 0 Å². The lowest BCUT2D eigenvalue weighted by atomic mass is 10.1. The Bertz CT molecular complexity index is 402. The number of likely N-dealkylation sites (N-methyl/N-ethyl adjacent to an activating group) is 1. The van der Waals surface area contributed by atoms with E-state index in [1.165, 1.54) is 24.0 Å². The predicted molar refractivity (Wildman–Crippen MR) is 83.7 cm³/mol. The lowest BCUT2D eigenvalue weighted by Crippen LogP contribution is -2.25. The topological polar surface area (TPSA) is 24.5 Å². The van der Waals surface area contributed by atoms with E-state index < -0.39 is 0 Å². The van der Waals surface area contributed by atoms with Crippen molar-refractivity contribution in [3.05, 3.63) is 35.4 Å². The lowest BCUT2D eigenvalue weighted by Gasteiger charge is -2.19. The standard InChI is InChI=1S/C17H28N2O/c1-14(2)20-11-10-19(3)13-16-7-5-4-6-15(16)12-18-17-8-9-17/h4-7,14,17-18H,8-13H2,1-3H3. The first kappa shape index (κ1) is 15.5. The largest absolute Gasteiger partial charge is 0.377 e. The van der Waals surface area contributed by atoms with Crippen LogP contribution in [0.2, 0.25) is 0 Å². The fraction of sp³-hybridized carbons (Fsp3) is 0.647. The first-order valence-electron chi connectivity index (χ1n) is 7.75. The maximum atomic E-state index is 5.61. The van der Waals surface area contributed by atoms with E-state index in [4.69, 9.17) is 4.74 Å². The molecule has 3 heteroatoms. The number of nitrogens with zero attached hydrogens (tertiary/aromatic N) is 1. The van der Waals surface area contributed by atoms with Gasteiger partial charge in [0, 0.05) is 25.7 Å². The van der Waals surface area contributed by atoms with Crippen molar-refractivity contribution < 1.29 is 4.74 Å². The number of ether oxygens (including phenoxy) is 1. The van der Waals surface area contributed by atoms with E-state index in [-0.39, 0.29) is 0 Å². The van der Waals surface area contributed by atoms with Crippen LogP contribution < -0.4 is 5.32 Å². The van der Waals surface area contributed by atoms with Gasteiger partial charge in [-0.05, 0) is 44.9 Å². The predicted octanol–water partition coefficient (Wildman–Crippen LogP) is 2.80. The average molecular weight is 276 g/mol. The average Bonchev–Trinajstić information content (AvgIpc) is 3.21. The normalized spacial score (nSPS) is 15.2. The number of rotatable bonds is 9. The van der Waals surface area contributed by atoms with E-state index >= 15 is 0 Å². The van der Waals surface area contributed by atoms with E-state index in [1.807, 2.05) is 0 Å². The molecule has 1 fully saturated rings. The van der Waals surface area contributed by atoms with Gasteiger partial charge in [-0.2, -0.15) is 0 Å². The molecule has 1 aliphatic carbocycles. The number of nitrogens with one attached hydrogen (secondary N) is 1. The second-order valence-electron chi connectivity index (χ2n) is 6.08. The van der Waals surface area contributed by atoms with Crippen molar-refractivity contribution in [2.45, 2.75) is 51.9 Å². The fourth-order valence-corrected chi connectivity index (χ4v) is 2.24. The summed E-state index contributed by atoms with van der Waals surface area (Å²) in [5, 5.41) is 3.60. The van der Waals surface area contributed by atoms with Crippen LogP contribution in [0.3, 0.4) is 0 Å². The highest BCUT2D eigenvalue weighted by Crippen LogP contribution is 2.20. The van der Waals surface area contributed by atoms with Crippen LogP contribution >= 0.6 is 0 Å². The van der Waals surface area contributed by atoms with Crippen LogP contribution in [0.4, 0.5) is 0 Å². The Morgan fingerprint density at radius 1 is 1.25 bits per heavy atom. The van der Waals surface area contributed by atoms with E-state index in [2.05, 4.69) is 55.4 Å². The van der Waals surface area contributed by atoms with Gasteiger partial charge in [0.15, 0.2) is 0 Å². The van der Waals surface area contributed by atoms with Crippen molar-refractivity contribution in [3.63, 3.8) is 0 Å². The van der Waals surface area contributed by atoms with Crippen LogP contribution in [-0.4, -0.2) is 37.2 Å². The Morgan fingerprint density at radius 3 is 2.60 bits per heavy atom. The minimum Gasteiger partial charge on any atom is -0.377 e. The third kappa shape index (κ3) is 5.61. The Labute approximate surface area is 123 Å². The summed E-state index contributed by atoms with van der Waals surface area (Å²) in [6, 6.07) is 9.51. The molecule has 0 heterocycles. The molecule has 0 aromatic heterocycles. The Morgan fingerprint density at radius 2 is 1.95 bits per heavy atom. The maximum absolute atomic E-state index is 5.61. The molecule has 0 unspecified atom stereocenters. The van der Waals surface area contributed by atoms with Gasteiger partial charge in [0.2, 0.25) is 0 Å². The van der Waals surface area contributed by atoms with Crippen LogP contribution in [0.1, 0.15) is 37.8 Å². The molecule has 112 valence electrons. The summed E-state index contributed by atoms with van der Waals surface area (Å²) in [6.07, 6.45) is 3.00. The molecule has 0 atom stereocenters. The summed E-state index contributed by atoms with van der Waals surface area (Å²) in [6.45, 7) is 7.93. The van der Waals surface area contributed by atoms with Gasteiger partial charge >= 0.3 is 0 Å². The summed E-state index contributed by atoms with van der Waals surface area (Å²) in [4.78, 5) is 2.33. The van der Waals surface area contributed by atoms with Gasteiger partial charge in [-0.25, -0.2) is 0 Å². The monoisotopic (exact) mass is 276 g/mol. The molecule has 2 rings (SSSR count). The zero-order chi connectivity index (χ0) is 14.4. The molecule has 0 amide bonds. The molecule has 1 aliphatic rings. The molecule has 0 saturated heterocycles. The molecule has 20 heavy (non-hydrogen) atoms. The fourth-order valence-electron chi connectivity index (χ4n) is 2.24. The highest BCUT2D eigenvalue weighted by Gasteiger charge is 2.20. The number of hydrogen-bond donors (Lipinski definition) is 1. The second-order valence-corrected chi connectivity index (χ2v) is 6.08. The van der Waals surface area contributed by atoms with Gasteiger partial charge in [-0.3, -0.25) is 4.90 Å². The minimum atomic E-state index is 0.318. The smallest absolute Gasteiger partial charge is 0.0596 e. The SMILES string of the molecule is CC(C)OCCN(C)Cc1ccccc1CNC1CC1. The van der Waals surface area contributed by atoms with Gasteiger partial charge in [0.05, 0.1) is 12.7 Å². The van der Waals surface area contributed by atoms with Crippen LogP contribution in [0.15, 0.2) is 24.3 Å². The minimum absolute atomic E-state index is 0.318. The summed E-state index contributed by atoms with van der Waals surface area (Å²) in [5.41, 5.74) is 2.85. The van der Waals surface area contributed by atoms with Gasteiger partial charge in [-0.15, -0.1) is 0 Å². The molecule has 1 aromatic carbocycles. The van der Waals surface area contributed by atoms with E-state index in [0.717, 1.165) is 32.3 Å². The molecule has 0 radical (unpaired) electrons. The van der Waals surface area contributed by atoms with Crippen molar-refractivity contribution >= 4 is 0 Å². The quantitative estimate of drug-likeness (QED) is 0.750. The van der Waals surface area contributed by atoms with Crippen molar-refractivity contribution in [1.82, 2.24) is 10.2 Å². The summed E-state index contributed by atoms with van der Waals surface area (Å²) in [5.74, 6) is 0. The van der Waals surface area contributed by atoms with Gasteiger partial charge < -0.3 is 10.1 Å². The molecule has 0 spiro atoms.